The van der Waals surface area contributed by atoms with E-state index in [-0.39, 0.29) is 0 Å². The maximum Gasteiger partial charge on any atom is 0.248 e. The molecule has 0 saturated heterocycles. The molecule has 1 atom stereocenters. The van der Waals surface area contributed by atoms with Crippen LogP contribution in [0.3, 0.4) is 0 Å². The Labute approximate surface area is 174 Å². The number of hydrogen-bond acceptors (Lipinski definition) is 4. The van der Waals surface area contributed by atoms with Crippen molar-refractivity contribution in [3.8, 4) is 5.75 Å². The average Bonchev–Trinajstić information content (AvgIpc) is 2.58. The number of carbonyl (C=O) groups excluding carboxylic acids is 1. The summed E-state index contributed by atoms with van der Waals surface area (Å²) in [5.41, 5.74) is 1.98. The Hall–Kier alpha value is -1.81. The molecule has 0 unspecified atom stereocenters. The number of ether oxygens (including phenoxy) is 1. The van der Waals surface area contributed by atoms with E-state index in [9.17, 15) is 13.2 Å². The van der Waals surface area contributed by atoms with Crippen LogP contribution in [0.4, 0.5) is 11.4 Å². The Morgan fingerprint density at radius 1 is 1.22 bits per heavy atom. The van der Waals surface area contributed by atoms with Crippen molar-refractivity contribution in [2.75, 3.05) is 22.5 Å². The standard InChI is InChI=1S/C19H23IN2O4S/c1-5-26-17-9-7-16(8-10-17)22(27(4,24)25)14(3)19(23)21-18-11-6-15(20)12-13(18)2/h6-12,14H,5H2,1-4H3,(H,21,23)/t14-/m0/s1. The number of nitrogens with one attached hydrogen (secondary N) is 1. The molecule has 0 bridgehead atoms. The molecule has 6 nitrogen and oxygen atoms in total. The lowest BCUT2D eigenvalue weighted by molar-refractivity contribution is -0.116. The van der Waals surface area contributed by atoms with Gasteiger partial charge in [0.05, 0.1) is 18.6 Å². The third-order valence-electron chi connectivity index (χ3n) is 3.94. The van der Waals surface area contributed by atoms with Gasteiger partial charge in [0.2, 0.25) is 15.9 Å². The van der Waals surface area contributed by atoms with Gasteiger partial charge in [0.1, 0.15) is 11.8 Å². The van der Waals surface area contributed by atoms with Crippen LogP contribution in [0.15, 0.2) is 42.5 Å². The first-order valence-electron chi connectivity index (χ1n) is 8.42. The lowest BCUT2D eigenvalue weighted by Gasteiger charge is -2.28. The molecular weight excluding hydrogens is 479 g/mol. The molecule has 0 heterocycles. The minimum absolute atomic E-state index is 0.404. The molecule has 27 heavy (non-hydrogen) atoms. The summed E-state index contributed by atoms with van der Waals surface area (Å²) in [5.74, 6) is 0.236. The Morgan fingerprint density at radius 2 is 1.85 bits per heavy atom. The summed E-state index contributed by atoms with van der Waals surface area (Å²) < 4.78 is 32.3. The van der Waals surface area contributed by atoms with E-state index >= 15 is 0 Å². The number of halogens is 1. The molecule has 1 N–H and O–H groups in total. The van der Waals surface area contributed by atoms with Crippen LogP contribution >= 0.6 is 22.6 Å². The summed E-state index contributed by atoms with van der Waals surface area (Å²) in [6, 6.07) is 11.4. The Kier molecular flexibility index (Phi) is 7.10. The quantitative estimate of drug-likeness (QED) is 0.585. The molecule has 2 rings (SSSR count). The van der Waals surface area contributed by atoms with Crippen LogP contribution in [0.25, 0.3) is 0 Å². The lowest BCUT2D eigenvalue weighted by Crippen LogP contribution is -2.45. The zero-order chi connectivity index (χ0) is 20.2. The highest BCUT2D eigenvalue weighted by molar-refractivity contribution is 14.1. The number of hydrogen-bond donors (Lipinski definition) is 1. The van der Waals surface area contributed by atoms with Gasteiger partial charge in [0, 0.05) is 9.26 Å². The van der Waals surface area contributed by atoms with Crippen LogP contribution in [0, 0.1) is 10.5 Å². The van der Waals surface area contributed by atoms with E-state index in [2.05, 4.69) is 27.9 Å². The van der Waals surface area contributed by atoms with Crippen molar-refractivity contribution < 1.29 is 17.9 Å². The van der Waals surface area contributed by atoms with Gasteiger partial charge in [-0.15, -0.1) is 0 Å². The number of amides is 1. The Balaban J connectivity index is 2.28. The van der Waals surface area contributed by atoms with E-state index in [1.165, 1.54) is 0 Å². The number of carbonyl (C=O) groups is 1. The van der Waals surface area contributed by atoms with Crippen molar-refractivity contribution in [2.45, 2.75) is 26.8 Å². The molecule has 0 spiro atoms. The normalized spacial score (nSPS) is 12.3. The average molecular weight is 502 g/mol. The highest BCUT2D eigenvalue weighted by atomic mass is 127. The van der Waals surface area contributed by atoms with E-state index in [1.54, 1.807) is 31.2 Å². The molecular formula is C19H23IN2O4S. The molecule has 0 fully saturated rings. The molecule has 0 aliphatic carbocycles. The van der Waals surface area contributed by atoms with Crippen molar-refractivity contribution >= 4 is 49.9 Å². The highest BCUT2D eigenvalue weighted by Crippen LogP contribution is 2.25. The Bertz CT molecular complexity index is 914. The molecule has 0 aliphatic heterocycles. The number of anilines is 2. The fraction of sp³-hybridized carbons (Fsp3) is 0.316. The number of rotatable bonds is 7. The van der Waals surface area contributed by atoms with Gasteiger partial charge in [0.25, 0.3) is 0 Å². The maximum atomic E-state index is 12.7. The Morgan fingerprint density at radius 3 is 2.37 bits per heavy atom. The summed E-state index contributed by atoms with van der Waals surface area (Å²) in [4.78, 5) is 12.7. The molecule has 8 heteroatoms. The highest BCUT2D eigenvalue weighted by Gasteiger charge is 2.29. The smallest absolute Gasteiger partial charge is 0.248 e. The molecule has 0 aliphatic rings. The molecule has 0 aromatic heterocycles. The van der Waals surface area contributed by atoms with Gasteiger partial charge in [-0.2, -0.15) is 0 Å². The van der Waals surface area contributed by atoms with Gasteiger partial charge in [-0.05, 0) is 91.4 Å². The summed E-state index contributed by atoms with van der Waals surface area (Å²) in [5, 5.41) is 2.82. The molecule has 2 aromatic carbocycles. The second-order valence-electron chi connectivity index (χ2n) is 6.11. The second-order valence-corrected chi connectivity index (χ2v) is 9.22. The first-order chi connectivity index (χ1) is 12.6. The first kappa shape index (κ1) is 21.5. The largest absolute Gasteiger partial charge is 0.494 e. The van der Waals surface area contributed by atoms with Crippen molar-refractivity contribution in [1.29, 1.82) is 0 Å². The van der Waals surface area contributed by atoms with Crippen LogP contribution in [-0.2, 0) is 14.8 Å². The van der Waals surface area contributed by atoms with E-state index in [0.717, 1.165) is 19.7 Å². The van der Waals surface area contributed by atoms with Gasteiger partial charge >= 0.3 is 0 Å². The second kappa shape index (κ2) is 8.92. The molecule has 1 amide bonds. The van der Waals surface area contributed by atoms with Gasteiger partial charge in [-0.3, -0.25) is 9.10 Å². The SMILES string of the molecule is CCOc1ccc(N([C@@H](C)C(=O)Nc2ccc(I)cc2C)S(C)(=O)=O)cc1. The van der Waals surface area contributed by atoms with Crippen LogP contribution in [0.1, 0.15) is 19.4 Å². The fourth-order valence-electron chi connectivity index (χ4n) is 2.67. The summed E-state index contributed by atoms with van der Waals surface area (Å²) >= 11 is 2.20. The van der Waals surface area contributed by atoms with Crippen molar-refractivity contribution in [2.24, 2.45) is 0 Å². The van der Waals surface area contributed by atoms with E-state index in [0.29, 0.717) is 23.7 Å². The minimum atomic E-state index is -3.67. The number of nitrogens with zero attached hydrogens (tertiary/aromatic N) is 1. The van der Waals surface area contributed by atoms with Crippen LogP contribution in [-0.4, -0.2) is 33.2 Å². The van der Waals surface area contributed by atoms with Crippen molar-refractivity contribution in [3.63, 3.8) is 0 Å². The van der Waals surface area contributed by atoms with Crippen LogP contribution in [0.2, 0.25) is 0 Å². The number of aryl methyl sites for hydroxylation is 1. The summed E-state index contributed by atoms with van der Waals surface area (Å²) in [6.07, 6.45) is 1.09. The predicted octanol–water partition coefficient (Wildman–Crippen LogP) is 3.79. The zero-order valence-corrected chi connectivity index (χ0v) is 18.7. The third-order valence-corrected chi connectivity index (χ3v) is 5.85. The predicted molar refractivity (Wildman–Crippen MR) is 117 cm³/mol. The van der Waals surface area contributed by atoms with Gasteiger partial charge in [0.15, 0.2) is 0 Å². The van der Waals surface area contributed by atoms with Gasteiger partial charge in [-0.25, -0.2) is 8.42 Å². The van der Waals surface area contributed by atoms with Crippen molar-refractivity contribution in [3.05, 3.63) is 51.6 Å². The van der Waals surface area contributed by atoms with E-state index in [4.69, 9.17) is 4.74 Å². The molecule has 146 valence electrons. The van der Waals surface area contributed by atoms with Crippen molar-refractivity contribution in [1.82, 2.24) is 0 Å². The van der Waals surface area contributed by atoms with Crippen LogP contribution in [0.5, 0.6) is 5.75 Å². The topological polar surface area (TPSA) is 75.7 Å². The third kappa shape index (κ3) is 5.58. The summed E-state index contributed by atoms with van der Waals surface area (Å²) in [7, 11) is -3.67. The first-order valence-corrected chi connectivity index (χ1v) is 11.4. The van der Waals surface area contributed by atoms with Gasteiger partial charge < -0.3 is 10.1 Å². The van der Waals surface area contributed by atoms with E-state index < -0.39 is 22.0 Å². The minimum Gasteiger partial charge on any atom is -0.494 e. The number of sulfonamides is 1. The molecule has 2 aromatic rings. The van der Waals surface area contributed by atoms with Crippen LogP contribution < -0.4 is 14.4 Å². The monoisotopic (exact) mass is 502 g/mol. The molecule has 0 saturated carbocycles. The fourth-order valence-corrected chi connectivity index (χ4v) is 4.49. The maximum absolute atomic E-state index is 12.7. The zero-order valence-electron chi connectivity index (χ0n) is 15.7. The molecule has 0 radical (unpaired) electrons. The van der Waals surface area contributed by atoms with E-state index in [1.807, 2.05) is 32.0 Å². The van der Waals surface area contributed by atoms with Gasteiger partial charge in [-0.1, -0.05) is 0 Å². The lowest BCUT2D eigenvalue weighted by atomic mass is 10.2. The number of benzene rings is 2. The summed E-state index contributed by atoms with van der Waals surface area (Å²) in [6.45, 7) is 5.84.